The van der Waals surface area contributed by atoms with Crippen LogP contribution in [0.4, 0.5) is 22.0 Å². The molecule has 174 valence electrons. The third-order valence-electron chi connectivity index (χ3n) is 0.786. The first-order chi connectivity index (χ1) is 12.5. The minimum atomic E-state index is -5.08. The zero-order chi connectivity index (χ0) is 25.2. The fourth-order valence-electron chi connectivity index (χ4n) is 0. The summed E-state index contributed by atoms with van der Waals surface area (Å²) in [7, 11) is 0. The van der Waals surface area contributed by atoms with Gasteiger partial charge in [-0.2, -0.15) is 22.0 Å². The Hall–Kier alpha value is -1.84. The average molecular weight is 528 g/mol. The molecule has 0 saturated carbocycles. The van der Waals surface area contributed by atoms with Gasteiger partial charge in [-0.15, -0.1) is 11.6 Å². The van der Waals surface area contributed by atoms with E-state index in [1.807, 2.05) is 0 Å². The zero-order valence-electron chi connectivity index (χ0n) is 13.5. The first-order valence-corrected chi connectivity index (χ1v) is 7.40. The molecule has 0 aliphatic rings. The van der Waals surface area contributed by atoms with Crippen molar-refractivity contribution in [2.75, 3.05) is 5.88 Å². The van der Waals surface area contributed by atoms with Crippen molar-refractivity contribution >= 4 is 76.3 Å². The second kappa shape index (κ2) is 19.5. The molecule has 0 aliphatic heterocycles. The number of rotatable bonds is 3. The van der Waals surface area contributed by atoms with E-state index in [1.165, 1.54) is 0 Å². The molecule has 0 amide bonds. The maximum Gasteiger partial charge on any atom is 0.490 e. The van der Waals surface area contributed by atoms with Crippen LogP contribution in [0.3, 0.4) is 0 Å². The normalized spacial score (nSPS) is 9.48. The quantitative estimate of drug-likeness (QED) is 0.270. The lowest BCUT2D eigenvalue weighted by atomic mass is 10.7. The maximum absolute atomic E-state index is 11.0. The summed E-state index contributed by atoms with van der Waals surface area (Å²) in [6, 6.07) is 0. The minimum Gasteiger partial charge on any atom is -0.481 e. The minimum absolute atomic E-state index is 0.306. The second-order valence-electron chi connectivity index (χ2n) is 3.29. The molecule has 0 atom stereocenters. The van der Waals surface area contributed by atoms with E-state index in [4.69, 9.17) is 74.7 Å². The van der Waals surface area contributed by atoms with Crippen LogP contribution in [0, 0.1) is 0 Å². The van der Waals surface area contributed by atoms with E-state index in [0.717, 1.165) is 6.92 Å². The van der Waals surface area contributed by atoms with Crippen molar-refractivity contribution < 1.29 is 71.5 Å². The molecule has 0 aromatic rings. The molecule has 0 aromatic heterocycles. The number of carboxylic acids is 5. The summed E-state index contributed by atoms with van der Waals surface area (Å²) >= 11 is 18.2. The Bertz CT molecular complexity index is 494. The Morgan fingerprint density at radius 1 is 0.828 bits per heavy atom. The van der Waals surface area contributed by atoms with Gasteiger partial charge < -0.3 is 25.5 Å². The largest absolute Gasteiger partial charge is 0.490 e. The molecule has 0 fully saturated rings. The van der Waals surface area contributed by atoms with Crippen LogP contribution < -0.4 is 0 Å². The van der Waals surface area contributed by atoms with Crippen molar-refractivity contribution in [1.29, 1.82) is 0 Å². The van der Waals surface area contributed by atoms with Crippen LogP contribution in [-0.4, -0.2) is 77.7 Å². The highest BCUT2D eigenvalue weighted by atomic mass is 35.5. The lowest BCUT2D eigenvalue weighted by molar-refractivity contribution is -0.192. The third kappa shape index (κ3) is 58.5. The van der Waals surface area contributed by atoms with Gasteiger partial charge >= 0.3 is 35.4 Å². The average Bonchev–Trinajstić information content (AvgIpc) is 2.46. The van der Waals surface area contributed by atoms with Crippen LogP contribution in [0.2, 0.25) is 0 Å². The van der Waals surface area contributed by atoms with Crippen LogP contribution in [0.5, 0.6) is 0 Å². The van der Waals surface area contributed by atoms with Crippen LogP contribution in [0.25, 0.3) is 0 Å². The van der Waals surface area contributed by atoms with Gasteiger partial charge in [-0.25, -0.2) is 14.4 Å². The molecule has 5 N–H and O–H groups in total. The first-order valence-electron chi connectivity index (χ1n) is 5.62. The molecular formula is C10H11Cl4F5O10. The maximum atomic E-state index is 11.0. The van der Waals surface area contributed by atoms with E-state index < -0.39 is 46.2 Å². The Kier molecular flexibility index (Phi) is 25.4. The molecule has 0 radical (unpaired) electrons. The summed E-state index contributed by atoms with van der Waals surface area (Å²) in [4.78, 5) is 44.4. The Morgan fingerprint density at radius 3 is 0.966 bits per heavy atom. The summed E-state index contributed by atoms with van der Waals surface area (Å²) in [5, 5.41) is 33.1. The Morgan fingerprint density at radius 2 is 0.966 bits per heavy atom. The smallest absolute Gasteiger partial charge is 0.481 e. The number of halogens is 9. The molecular weight excluding hydrogens is 517 g/mol. The van der Waals surface area contributed by atoms with E-state index in [9.17, 15) is 31.5 Å². The molecule has 0 spiro atoms. The van der Waals surface area contributed by atoms with Crippen LogP contribution in [0.1, 0.15) is 6.92 Å². The van der Waals surface area contributed by atoms with E-state index in [-0.39, 0.29) is 5.88 Å². The van der Waals surface area contributed by atoms with Crippen LogP contribution in [0.15, 0.2) is 0 Å². The molecule has 0 rings (SSSR count). The molecule has 0 aromatic carbocycles. The highest BCUT2D eigenvalue weighted by Gasteiger charge is 2.38. The summed E-state index contributed by atoms with van der Waals surface area (Å²) in [5.41, 5.74) is 0. The van der Waals surface area contributed by atoms with Crippen molar-refractivity contribution in [1.82, 2.24) is 0 Å². The van der Waals surface area contributed by atoms with Crippen molar-refractivity contribution in [3.05, 3.63) is 0 Å². The topological polar surface area (TPSA) is 186 Å². The third-order valence-corrected chi connectivity index (χ3v) is 1.55. The van der Waals surface area contributed by atoms with Crippen molar-refractivity contribution in [2.45, 2.75) is 23.3 Å². The highest BCUT2D eigenvalue weighted by molar-refractivity contribution is 6.52. The van der Waals surface area contributed by atoms with Gasteiger partial charge in [-0.1, -0.05) is 23.2 Å². The molecule has 0 bridgehead atoms. The van der Waals surface area contributed by atoms with Gasteiger partial charge in [-0.3, -0.25) is 9.59 Å². The Balaban J connectivity index is -0.0000000840. The number of hydrogen-bond donors (Lipinski definition) is 5. The second-order valence-corrected chi connectivity index (χ2v) is 5.13. The number of aliphatic carboxylic acids is 5. The summed E-state index contributed by atoms with van der Waals surface area (Å²) < 4.78 is 53.8. The number of hydrogen-bond acceptors (Lipinski definition) is 5. The fraction of sp³-hybridized carbons (Fsp3) is 0.500. The van der Waals surface area contributed by atoms with E-state index in [0.29, 0.717) is 0 Å². The van der Waals surface area contributed by atoms with Gasteiger partial charge in [0.2, 0.25) is 4.84 Å². The highest BCUT2D eigenvalue weighted by Crippen LogP contribution is 2.17. The van der Waals surface area contributed by atoms with Gasteiger partial charge in [0.15, 0.2) is 0 Å². The molecule has 10 nitrogen and oxygen atoms in total. The fourth-order valence-corrected chi connectivity index (χ4v) is 0. The van der Waals surface area contributed by atoms with Crippen molar-refractivity contribution in [2.24, 2.45) is 0 Å². The van der Waals surface area contributed by atoms with Crippen LogP contribution in [-0.2, 0) is 24.0 Å². The van der Waals surface area contributed by atoms with Gasteiger partial charge in [0.25, 0.3) is 5.97 Å². The standard InChI is InChI=1S/C2H2Cl2O2.C2HClF2O2.C2H3ClO2.C2HF3O2.C2H4O2/c3-1(4)2(5)6;3-2(4,5)1(6)7;3-1-2(4)5;3-2(4,5)1(6)7;1-2(3)4/h1H,(H,5,6);(H,6,7);1H2,(H,4,5);(H,6,7);1H3,(H,3,4). The van der Waals surface area contributed by atoms with E-state index >= 15 is 0 Å². The molecule has 0 saturated heterocycles. The van der Waals surface area contributed by atoms with E-state index in [1.54, 1.807) is 0 Å². The number of carbonyl (C=O) groups is 5. The molecule has 0 heterocycles. The molecule has 19 heteroatoms. The monoisotopic (exact) mass is 526 g/mol. The number of alkyl halides is 9. The summed E-state index contributed by atoms with van der Waals surface area (Å²) in [6.07, 6.45) is -5.08. The molecule has 29 heavy (non-hydrogen) atoms. The Labute approximate surface area is 177 Å². The number of carboxylic acid groups (broad SMARTS) is 5. The lowest BCUT2D eigenvalue weighted by Gasteiger charge is -1.95. The van der Waals surface area contributed by atoms with Gasteiger partial charge in [-0.05, 0) is 11.6 Å². The predicted octanol–water partition coefficient (Wildman–Crippen LogP) is 2.81. The van der Waals surface area contributed by atoms with Gasteiger partial charge in [0.05, 0.1) is 0 Å². The first kappa shape index (κ1) is 37.8. The van der Waals surface area contributed by atoms with Crippen molar-refractivity contribution in [3.8, 4) is 0 Å². The summed E-state index contributed by atoms with van der Waals surface area (Å²) in [6.45, 7) is 1.08. The van der Waals surface area contributed by atoms with Gasteiger partial charge in [0, 0.05) is 6.92 Å². The van der Waals surface area contributed by atoms with Crippen molar-refractivity contribution in [3.63, 3.8) is 0 Å². The molecule has 0 aliphatic carbocycles. The van der Waals surface area contributed by atoms with Crippen LogP contribution >= 0.6 is 46.4 Å². The predicted molar refractivity (Wildman–Crippen MR) is 86.9 cm³/mol. The van der Waals surface area contributed by atoms with E-state index in [2.05, 4.69) is 11.6 Å². The summed E-state index contributed by atoms with van der Waals surface area (Å²) in [5.74, 6) is -8.41. The zero-order valence-corrected chi connectivity index (χ0v) is 16.5. The lowest BCUT2D eigenvalue weighted by Crippen LogP contribution is -2.21. The molecule has 0 unspecified atom stereocenters. The SMILES string of the molecule is CC(=O)O.O=C(O)C(Cl)Cl.O=C(O)C(F)(F)Cl.O=C(O)C(F)(F)F.O=C(O)CCl. The van der Waals surface area contributed by atoms with Gasteiger partial charge in [0.1, 0.15) is 5.88 Å².